The summed E-state index contributed by atoms with van der Waals surface area (Å²) in [5, 5.41) is 0. The number of para-hydroxylation sites is 2. The SMILES string of the molecule is CS/C(=C1/C(=O)CN(S(=O)(=O)c2ccccc2)c2ccccc21)C1C(=O)N(C)c2ccccc21. The van der Waals surface area contributed by atoms with Crippen molar-refractivity contribution in [1.82, 2.24) is 0 Å². The summed E-state index contributed by atoms with van der Waals surface area (Å²) in [7, 11) is -2.21. The van der Waals surface area contributed by atoms with E-state index >= 15 is 0 Å². The third-order valence-electron chi connectivity index (χ3n) is 6.25. The molecule has 6 nitrogen and oxygen atoms in total. The van der Waals surface area contributed by atoms with Gasteiger partial charge in [-0.05, 0) is 36.1 Å². The van der Waals surface area contributed by atoms with Crippen molar-refractivity contribution in [3.05, 3.63) is 94.9 Å². The zero-order valence-electron chi connectivity index (χ0n) is 18.6. The Balaban J connectivity index is 1.71. The second kappa shape index (κ2) is 8.45. The van der Waals surface area contributed by atoms with E-state index in [2.05, 4.69) is 0 Å². The fourth-order valence-corrected chi connectivity index (χ4v) is 7.00. The molecular formula is C26H22N2O4S2. The van der Waals surface area contributed by atoms with Gasteiger partial charge < -0.3 is 4.90 Å². The number of thioether (sulfide) groups is 1. The Hall–Kier alpha value is -3.36. The first kappa shape index (κ1) is 22.4. The minimum absolute atomic E-state index is 0.109. The molecular weight excluding hydrogens is 468 g/mol. The van der Waals surface area contributed by atoms with Crippen LogP contribution in [-0.4, -0.2) is 40.0 Å². The number of nitrogens with zero attached hydrogens (tertiary/aromatic N) is 2. The van der Waals surface area contributed by atoms with Gasteiger partial charge in [0.2, 0.25) is 5.91 Å². The summed E-state index contributed by atoms with van der Waals surface area (Å²) in [6, 6.07) is 22.6. The molecule has 0 aliphatic carbocycles. The monoisotopic (exact) mass is 490 g/mol. The van der Waals surface area contributed by atoms with Gasteiger partial charge in [0.15, 0.2) is 5.78 Å². The van der Waals surface area contributed by atoms with E-state index in [4.69, 9.17) is 0 Å². The summed E-state index contributed by atoms with van der Waals surface area (Å²) in [5.41, 5.74) is 3.01. The van der Waals surface area contributed by atoms with Gasteiger partial charge >= 0.3 is 0 Å². The third-order valence-corrected chi connectivity index (χ3v) is 8.91. The normalized spacial score (nSPS) is 19.2. The van der Waals surface area contributed by atoms with Gasteiger partial charge in [0.05, 0.1) is 23.0 Å². The smallest absolute Gasteiger partial charge is 0.264 e. The predicted octanol–water partition coefficient (Wildman–Crippen LogP) is 4.30. The molecule has 8 heteroatoms. The van der Waals surface area contributed by atoms with Crippen molar-refractivity contribution < 1.29 is 18.0 Å². The number of benzene rings is 3. The molecule has 172 valence electrons. The van der Waals surface area contributed by atoms with Gasteiger partial charge in [-0.1, -0.05) is 54.6 Å². The van der Waals surface area contributed by atoms with E-state index in [1.54, 1.807) is 54.4 Å². The van der Waals surface area contributed by atoms with E-state index in [0.717, 1.165) is 15.6 Å². The molecule has 1 atom stereocenters. The van der Waals surface area contributed by atoms with Gasteiger partial charge in [-0.3, -0.25) is 13.9 Å². The molecule has 1 amide bonds. The number of carbonyl (C=O) groups excluding carboxylic acids is 2. The Bertz CT molecular complexity index is 1450. The first-order valence-electron chi connectivity index (χ1n) is 10.7. The molecule has 34 heavy (non-hydrogen) atoms. The maximum absolute atomic E-state index is 13.6. The molecule has 0 N–H and O–H groups in total. The highest BCUT2D eigenvalue weighted by molar-refractivity contribution is 8.02. The summed E-state index contributed by atoms with van der Waals surface area (Å²) < 4.78 is 28.1. The van der Waals surface area contributed by atoms with E-state index < -0.39 is 15.9 Å². The van der Waals surface area contributed by atoms with Crippen LogP contribution in [0.15, 0.2) is 88.7 Å². The number of sulfonamides is 1. The Morgan fingerprint density at radius 2 is 1.50 bits per heavy atom. The highest BCUT2D eigenvalue weighted by Gasteiger charge is 2.42. The van der Waals surface area contributed by atoms with Crippen molar-refractivity contribution in [2.45, 2.75) is 10.8 Å². The lowest BCUT2D eigenvalue weighted by Crippen LogP contribution is -2.40. The fraction of sp³-hybridized carbons (Fsp3) is 0.154. The molecule has 0 saturated carbocycles. The fourth-order valence-electron chi connectivity index (χ4n) is 4.65. The van der Waals surface area contributed by atoms with E-state index in [0.29, 0.717) is 21.7 Å². The van der Waals surface area contributed by atoms with Crippen molar-refractivity contribution >= 4 is 50.4 Å². The largest absolute Gasteiger partial charge is 0.314 e. The number of amides is 1. The first-order chi connectivity index (χ1) is 16.4. The van der Waals surface area contributed by atoms with Crippen LogP contribution in [-0.2, 0) is 19.6 Å². The van der Waals surface area contributed by atoms with Gasteiger partial charge in [-0.2, -0.15) is 0 Å². The number of Topliss-reactive ketones (excluding diaryl/α,β-unsaturated/α-hetero) is 1. The second-order valence-electron chi connectivity index (χ2n) is 8.10. The molecule has 2 aliphatic rings. The Kier molecular flexibility index (Phi) is 5.58. The van der Waals surface area contributed by atoms with Crippen molar-refractivity contribution in [3.8, 4) is 0 Å². The summed E-state index contributed by atoms with van der Waals surface area (Å²) in [6.45, 7) is -0.327. The van der Waals surface area contributed by atoms with Crippen LogP contribution in [0.3, 0.4) is 0 Å². The molecule has 5 rings (SSSR count). The molecule has 3 aromatic rings. The molecule has 0 fully saturated rings. The molecule has 1 unspecified atom stereocenters. The van der Waals surface area contributed by atoms with Crippen molar-refractivity contribution in [1.29, 1.82) is 0 Å². The Morgan fingerprint density at radius 1 is 0.882 bits per heavy atom. The van der Waals surface area contributed by atoms with Gasteiger partial charge in [0.25, 0.3) is 10.0 Å². The number of hydrogen-bond donors (Lipinski definition) is 0. The number of rotatable bonds is 4. The van der Waals surface area contributed by atoms with Crippen molar-refractivity contribution in [2.24, 2.45) is 0 Å². The van der Waals surface area contributed by atoms with Crippen molar-refractivity contribution in [3.63, 3.8) is 0 Å². The van der Waals surface area contributed by atoms with Gasteiger partial charge in [-0.15, -0.1) is 11.8 Å². The minimum Gasteiger partial charge on any atom is -0.314 e. The van der Waals surface area contributed by atoms with Crippen LogP contribution in [0, 0.1) is 0 Å². The lowest BCUT2D eigenvalue weighted by Gasteiger charge is -2.32. The van der Waals surface area contributed by atoms with Crippen LogP contribution < -0.4 is 9.21 Å². The zero-order valence-corrected chi connectivity index (χ0v) is 20.3. The Labute approximate surface area is 202 Å². The van der Waals surface area contributed by atoms with Gasteiger partial charge in [-0.25, -0.2) is 8.42 Å². The number of likely N-dealkylation sites (N-methyl/N-ethyl adjacent to an activating group) is 1. The number of anilines is 2. The maximum atomic E-state index is 13.6. The van der Waals surface area contributed by atoms with Crippen LogP contribution in [0.5, 0.6) is 0 Å². The number of ketones is 1. The Morgan fingerprint density at radius 3 is 2.21 bits per heavy atom. The zero-order chi connectivity index (χ0) is 24.0. The topological polar surface area (TPSA) is 74.8 Å². The predicted molar refractivity (Wildman–Crippen MR) is 135 cm³/mol. The molecule has 0 saturated heterocycles. The number of hydrogen-bond acceptors (Lipinski definition) is 5. The van der Waals surface area contributed by atoms with E-state index in [-0.39, 0.29) is 23.1 Å². The lowest BCUT2D eigenvalue weighted by molar-refractivity contribution is -0.118. The van der Waals surface area contributed by atoms with Crippen molar-refractivity contribution in [2.75, 3.05) is 29.1 Å². The second-order valence-corrected chi connectivity index (χ2v) is 10.8. The maximum Gasteiger partial charge on any atom is 0.264 e. The summed E-state index contributed by atoms with van der Waals surface area (Å²) in [6.07, 6.45) is 1.85. The first-order valence-corrected chi connectivity index (χ1v) is 13.4. The molecule has 0 aromatic heterocycles. The lowest BCUT2D eigenvalue weighted by atomic mass is 9.90. The van der Waals surface area contributed by atoms with Crippen LogP contribution in [0.1, 0.15) is 17.0 Å². The highest BCUT2D eigenvalue weighted by Crippen LogP contribution is 2.48. The minimum atomic E-state index is -3.94. The number of fused-ring (bicyclic) bond motifs is 2. The van der Waals surface area contributed by atoms with Crippen LogP contribution >= 0.6 is 11.8 Å². The molecule has 2 heterocycles. The molecule has 0 spiro atoms. The molecule has 2 aliphatic heterocycles. The van der Waals surface area contributed by atoms with Crippen LogP contribution in [0.2, 0.25) is 0 Å². The quantitative estimate of drug-likeness (QED) is 0.510. The van der Waals surface area contributed by atoms with Gasteiger partial charge in [0, 0.05) is 28.8 Å². The van der Waals surface area contributed by atoms with E-state index in [9.17, 15) is 18.0 Å². The standard InChI is InChI=1S/C26H22N2O4S2/c1-27-20-14-8-6-12-18(20)24(26(27)30)25(33-2)23-19-13-7-9-15-21(19)28(16-22(23)29)34(31,32)17-10-4-3-5-11-17/h3-15,24H,16H2,1-2H3/b25-23+. The van der Waals surface area contributed by atoms with E-state index in [1.807, 2.05) is 30.5 Å². The summed E-state index contributed by atoms with van der Waals surface area (Å²) in [5.74, 6) is -1.05. The average Bonchev–Trinajstić information content (AvgIpc) is 3.11. The molecule has 0 radical (unpaired) electrons. The molecule has 0 bridgehead atoms. The van der Waals surface area contributed by atoms with E-state index in [1.165, 1.54) is 23.9 Å². The van der Waals surface area contributed by atoms with Gasteiger partial charge in [0.1, 0.15) is 0 Å². The summed E-state index contributed by atoms with van der Waals surface area (Å²) in [4.78, 5) is 29.3. The van der Waals surface area contributed by atoms with Crippen LogP contribution in [0.4, 0.5) is 11.4 Å². The summed E-state index contributed by atoms with van der Waals surface area (Å²) >= 11 is 1.36. The third kappa shape index (κ3) is 3.36. The average molecular weight is 491 g/mol. The number of carbonyl (C=O) groups is 2. The molecule has 3 aromatic carbocycles. The van der Waals surface area contributed by atoms with Crippen LogP contribution in [0.25, 0.3) is 5.57 Å². The highest BCUT2D eigenvalue weighted by atomic mass is 32.2.